The topological polar surface area (TPSA) is 26.3 Å². The molecule has 0 atom stereocenters. The standard InChI is InChI=1S/C10H15NO.K/c1-3-11(4-2)9-6-5-7-10(12)8-9;/h5-8,12H,3-4H2,1-2H3;/q;+1/p-1. The van der Waals surface area contributed by atoms with E-state index in [2.05, 4.69) is 18.7 Å². The summed E-state index contributed by atoms with van der Waals surface area (Å²) in [6, 6.07) is 7.02. The Morgan fingerprint density at radius 3 is 2.31 bits per heavy atom. The van der Waals surface area contributed by atoms with Gasteiger partial charge in [-0.05, 0) is 26.0 Å². The van der Waals surface area contributed by atoms with Crippen LogP contribution in [0.2, 0.25) is 0 Å². The molecule has 0 fully saturated rings. The van der Waals surface area contributed by atoms with Gasteiger partial charge in [0, 0.05) is 18.8 Å². The second-order valence-corrected chi connectivity index (χ2v) is 2.67. The molecular weight excluding hydrogens is 189 g/mol. The number of hydrogen-bond donors (Lipinski definition) is 0. The second-order valence-electron chi connectivity index (χ2n) is 2.67. The maximum absolute atomic E-state index is 11.0. The quantitative estimate of drug-likeness (QED) is 0.566. The van der Waals surface area contributed by atoms with Gasteiger partial charge in [-0.3, -0.25) is 0 Å². The fourth-order valence-corrected chi connectivity index (χ4v) is 1.27. The van der Waals surface area contributed by atoms with Crippen molar-refractivity contribution in [3.63, 3.8) is 0 Å². The van der Waals surface area contributed by atoms with E-state index in [4.69, 9.17) is 0 Å². The summed E-state index contributed by atoms with van der Waals surface area (Å²) < 4.78 is 0. The molecule has 0 saturated carbocycles. The van der Waals surface area contributed by atoms with Gasteiger partial charge in [0.15, 0.2) is 0 Å². The fraction of sp³-hybridized carbons (Fsp3) is 0.400. The Hall–Kier alpha value is 0.456. The molecule has 1 aromatic carbocycles. The zero-order chi connectivity index (χ0) is 8.97. The van der Waals surface area contributed by atoms with Crippen molar-refractivity contribution in [3.8, 4) is 5.75 Å². The second kappa shape index (κ2) is 6.84. The van der Waals surface area contributed by atoms with Crippen molar-refractivity contribution < 1.29 is 56.5 Å². The summed E-state index contributed by atoms with van der Waals surface area (Å²) in [5.41, 5.74) is 1.02. The molecule has 0 aliphatic heterocycles. The average molecular weight is 203 g/mol. The Morgan fingerprint density at radius 1 is 1.23 bits per heavy atom. The molecule has 0 N–H and O–H groups in total. The molecule has 2 nitrogen and oxygen atoms in total. The Balaban J connectivity index is 0.00000144. The number of anilines is 1. The van der Waals surface area contributed by atoms with Crippen LogP contribution in [0.3, 0.4) is 0 Å². The van der Waals surface area contributed by atoms with Crippen LogP contribution in [-0.4, -0.2) is 13.1 Å². The van der Waals surface area contributed by atoms with Crippen LogP contribution >= 0.6 is 0 Å². The van der Waals surface area contributed by atoms with Crippen molar-refractivity contribution in [1.82, 2.24) is 0 Å². The molecule has 13 heavy (non-hydrogen) atoms. The summed E-state index contributed by atoms with van der Waals surface area (Å²) >= 11 is 0. The van der Waals surface area contributed by atoms with Crippen LogP contribution in [0.15, 0.2) is 24.3 Å². The minimum atomic E-state index is 0. The van der Waals surface area contributed by atoms with Gasteiger partial charge in [0.1, 0.15) is 0 Å². The Morgan fingerprint density at radius 2 is 1.85 bits per heavy atom. The zero-order valence-corrected chi connectivity index (χ0v) is 11.7. The van der Waals surface area contributed by atoms with Crippen molar-refractivity contribution >= 4 is 5.69 Å². The van der Waals surface area contributed by atoms with E-state index in [1.54, 1.807) is 18.2 Å². The first-order valence-corrected chi connectivity index (χ1v) is 4.30. The molecule has 0 radical (unpaired) electrons. The first kappa shape index (κ1) is 13.5. The molecule has 66 valence electrons. The predicted molar refractivity (Wildman–Crippen MR) is 49.4 cm³/mol. The third kappa shape index (κ3) is 4.00. The molecule has 1 rings (SSSR count). The molecule has 0 bridgehead atoms. The predicted octanol–water partition coefficient (Wildman–Crippen LogP) is -1.39. The Labute approximate surface area is 122 Å². The molecule has 0 aliphatic carbocycles. The van der Waals surface area contributed by atoms with Crippen LogP contribution in [-0.2, 0) is 0 Å². The van der Waals surface area contributed by atoms with Crippen LogP contribution in [0.25, 0.3) is 0 Å². The van der Waals surface area contributed by atoms with Crippen LogP contribution in [0.5, 0.6) is 5.75 Å². The van der Waals surface area contributed by atoms with E-state index in [-0.39, 0.29) is 57.1 Å². The monoisotopic (exact) mass is 203 g/mol. The van der Waals surface area contributed by atoms with Crippen LogP contribution < -0.4 is 61.4 Å². The summed E-state index contributed by atoms with van der Waals surface area (Å²) in [5.74, 6) is 0.0828. The zero-order valence-electron chi connectivity index (χ0n) is 8.58. The maximum atomic E-state index is 11.0. The number of rotatable bonds is 3. The van der Waals surface area contributed by atoms with E-state index >= 15 is 0 Å². The largest absolute Gasteiger partial charge is 1.00 e. The van der Waals surface area contributed by atoms with E-state index in [9.17, 15) is 5.11 Å². The molecule has 0 amide bonds. The molecule has 1 aromatic rings. The third-order valence-corrected chi connectivity index (χ3v) is 1.95. The van der Waals surface area contributed by atoms with Gasteiger partial charge in [0.05, 0.1) is 0 Å². The van der Waals surface area contributed by atoms with Gasteiger partial charge in [-0.15, -0.1) is 5.75 Å². The van der Waals surface area contributed by atoms with Gasteiger partial charge in [-0.2, -0.15) is 0 Å². The van der Waals surface area contributed by atoms with Crippen molar-refractivity contribution in [3.05, 3.63) is 24.3 Å². The molecule has 0 spiro atoms. The van der Waals surface area contributed by atoms with E-state index in [1.807, 2.05) is 6.07 Å². The average Bonchev–Trinajstić information content (AvgIpc) is 2.07. The third-order valence-electron chi connectivity index (χ3n) is 1.95. The fourth-order valence-electron chi connectivity index (χ4n) is 1.27. The molecule has 0 unspecified atom stereocenters. The maximum Gasteiger partial charge on any atom is 1.00 e. The van der Waals surface area contributed by atoms with Gasteiger partial charge in [0.2, 0.25) is 0 Å². The smallest absolute Gasteiger partial charge is 0.872 e. The van der Waals surface area contributed by atoms with Crippen molar-refractivity contribution in [2.75, 3.05) is 18.0 Å². The van der Waals surface area contributed by atoms with Gasteiger partial charge >= 0.3 is 51.4 Å². The SMILES string of the molecule is CCN(CC)c1cccc([O-])c1.[K+]. The summed E-state index contributed by atoms with van der Waals surface area (Å²) in [7, 11) is 0. The van der Waals surface area contributed by atoms with Gasteiger partial charge in [0.25, 0.3) is 0 Å². The van der Waals surface area contributed by atoms with Crippen LogP contribution in [0.4, 0.5) is 5.69 Å². The summed E-state index contributed by atoms with van der Waals surface area (Å²) in [4.78, 5) is 2.15. The summed E-state index contributed by atoms with van der Waals surface area (Å²) in [6.45, 7) is 6.06. The van der Waals surface area contributed by atoms with Gasteiger partial charge in [-0.1, -0.05) is 12.1 Å². The molecule has 0 aromatic heterocycles. The van der Waals surface area contributed by atoms with E-state index in [1.165, 1.54) is 0 Å². The molecule has 3 heteroatoms. The van der Waals surface area contributed by atoms with Gasteiger partial charge < -0.3 is 10.0 Å². The van der Waals surface area contributed by atoms with Crippen molar-refractivity contribution in [1.29, 1.82) is 0 Å². The molecule has 0 saturated heterocycles. The van der Waals surface area contributed by atoms with E-state index in [0.717, 1.165) is 18.8 Å². The molecule has 0 heterocycles. The molecular formula is C10H14KNO. The summed E-state index contributed by atoms with van der Waals surface area (Å²) in [6.07, 6.45) is 0. The van der Waals surface area contributed by atoms with Crippen LogP contribution in [0, 0.1) is 0 Å². The first-order chi connectivity index (χ1) is 5.77. The Kier molecular flexibility index (Phi) is 7.08. The minimum absolute atomic E-state index is 0. The summed E-state index contributed by atoms with van der Waals surface area (Å²) in [5, 5.41) is 11.0. The first-order valence-electron chi connectivity index (χ1n) is 4.30. The number of hydrogen-bond acceptors (Lipinski definition) is 2. The van der Waals surface area contributed by atoms with E-state index in [0.29, 0.717) is 0 Å². The number of nitrogens with zero attached hydrogens (tertiary/aromatic N) is 1. The van der Waals surface area contributed by atoms with Crippen molar-refractivity contribution in [2.45, 2.75) is 13.8 Å². The van der Waals surface area contributed by atoms with Crippen LogP contribution in [0.1, 0.15) is 13.8 Å². The number of benzene rings is 1. The Bertz CT molecular complexity index is 248. The van der Waals surface area contributed by atoms with E-state index < -0.39 is 0 Å². The minimum Gasteiger partial charge on any atom is -0.872 e. The van der Waals surface area contributed by atoms with Crippen molar-refractivity contribution in [2.24, 2.45) is 0 Å². The normalized spacial score (nSPS) is 9.08. The molecule has 0 aliphatic rings. The van der Waals surface area contributed by atoms with Gasteiger partial charge in [-0.25, -0.2) is 0 Å².